The molecule has 0 aromatic heterocycles. The first-order chi connectivity index (χ1) is 16.7. The average molecular weight is 501 g/mol. The van der Waals surface area contributed by atoms with E-state index in [1.807, 2.05) is 24.3 Å². The summed E-state index contributed by atoms with van der Waals surface area (Å²) in [7, 11) is 3.26. The second-order valence-corrected chi connectivity index (χ2v) is 8.64. The lowest BCUT2D eigenvalue weighted by Crippen LogP contribution is -2.49. The van der Waals surface area contributed by atoms with Gasteiger partial charge in [-0.15, -0.1) is 0 Å². The standard InChI is InChI=1S/C25H29ClN4O5/c1-16-21(23(31)32)22(18-6-4-7-19(26)14-18)30(25(34)28-16)13-5-12-29(2)24(33)27-15-17-8-10-20(35-3)11-9-17/h4,6-11,14,22H,5,12-13,15H2,1-3H3,(H,27,33)(H,28,34)(H,31,32). The number of benzene rings is 2. The highest BCUT2D eigenvalue weighted by molar-refractivity contribution is 6.30. The number of hydrogen-bond acceptors (Lipinski definition) is 4. The van der Waals surface area contributed by atoms with Gasteiger partial charge in [-0.1, -0.05) is 35.9 Å². The van der Waals surface area contributed by atoms with E-state index < -0.39 is 18.0 Å². The van der Waals surface area contributed by atoms with E-state index in [-0.39, 0.29) is 18.1 Å². The third-order valence-electron chi connectivity index (χ3n) is 5.78. The zero-order valence-corrected chi connectivity index (χ0v) is 20.6. The first kappa shape index (κ1) is 25.9. The number of allylic oxidation sites excluding steroid dienone is 1. The minimum absolute atomic E-state index is 0.0810. The number of ether oxygens (including phenoxy) is 1. The van der Waals surface area contributed by atoms with Gasteiger partial charge in [0.15, 0.2) is 0 Å². The normalized spacial score (nSPS) is 15.5. The molecule has 0 fully saturated rings. The second-order valence-electron chi connectivity index (χ2n) is 8.21. The van der Waals surface area contributed by atoms with Crippen molar-refractivity contribution < 1.29 is 24.2 Å². The molecular weight excluding hydrogens is 472 g/mol. The van der Waals surface area contributed by atoms with E-state index in [0.29, 0.717) is 35.8 Å². The van der Waals surface area contributed by atoms with Crippen LogP contribution in [0.3, 0.4) is 0 Å². The topological polar surface area (TPSA) is 111 Å². The fraction of sp³-hybridized carbons (Fsp3) is 0.320. The molecule has 0 spiro atoms. The molecule has 186 valence electrons. The van der Waals surface area contributed by atoms with Gasteiger partial charge in [0.1, 0.15) is 5.75 Å². The number of halogens is 1. The van der Waals surface area contributed by atoms with Crippen molar-refractivity contribution in [3.8, 4) is 5.75 Å². The number of carbonyl (C=O) groups excluding carboxylic acids is 2. The molecule has 1 atom stereocenters. The van der Waals surface area contributed by atoms with Gasteiger partial charge in [0, 0.05) is 37.4 Å². The zero-order chi connectivity index (χ0) is 25.5. The molecule has 10 heteroatoms. The minimum Gasteiger partial charge on any atom is -0.497 e. The van der Waals surface area contributed by atoms with Gasteiger partial charge in [0.05, 0.1) is 18.7 Å². The lowest BCUT2D eigenvalue weighted by molar-refractivity contribution is -0.133. The van der Waals surface area contributed by atoms with Crippen LogP contribution < -0.4 is 15.4 Å². The number of rotatable bonds is 9. The predicted octanol–water partition coefficient (Wildman–Crippen LogP) is 4.01. The quantitative estimate of drug-likeness (QED) is 0.482. The van der Waals surface area contributed by atoms with Gasteiger partial charge in [-0.25, -0.2) is 14.4 Å². The maximum absolute atomic E-state index is 12.8. The molecule has 0 saturated heterocycles. The summed E-state index contributed by atoms with van der Waals surface area (Å²) in [6.07, 6.45) is 0.447. The van der Waals surface area contributed by atoms with Crippen LogP contribution in [0.5, 0.6) is 5.75 Å². The Morgan fingerprint density at radius 2 is 1.94 bits per heavy atom. The Bertz CT molecular complexity index is 1120. The van der Waals surface area contributed by atoms with Crippen molar-refractivity contribution in [1.29, 1.82) is 0 Å². The van der Waals surface area contributed by atoms with Gasteiger partial charge < -0.3 is 30.3 Å². The summed E-state index contributed by atoms with van der Waals surface area (Å²) >= 11 is 6.14. The number of nitrogens with one attached hydrogen (secondary N) is 2. The smallest absolute Gasteiger partial charge is 0.335 e. The van der Waals surface area contributed by atoms with Gasteiger partial charge in [0.25, 0.3) is 0 Å². The lowest BCUT2D eigenvalue weighted by Gasteiger charge is -2.37. The van der Waals surface area contributed by atoms with Crippen LogP contribution in [0.25, 0.3) is 0 Å². The van der Waals surface area contributed by atoms with Gasteiger partial charge in [0.2, 0.25) is 0 Å². The first-order valence-corrected chi connectivity index (χ1v) is 11.5. The molecule has 3 N–H and O–H groups in total. The predicted molar refractivity (Wildman–Crippen MR) is 132 cm³/mol. The molecule has 1 aliphatic rings. The van der Waals surface area contributed by atoms with E-state index in [2.05, 4.69) is 10.6 Å². The Morgan fingerprint density at radius 3 is 2.57 bits per heavy atom. The van der Waals surface area contributed by atoms with Crippen LogP contribution in [0.4, 0.5) is 9.59 Å². The molecule has 9 nitrogen and oxygen atoms in total. The van der Waals surface area contributed by atoms with Crippen LogP contribution in [0, 0.1) is 0 Å². The SMILES string of the molecule is COc1ccc(CNC(=O)N(C)CCCN2C(=O)NC(C)=C(C(=O)O)C2c2cccc(Cl)c2)cc1. The van der Waals surface area contributed by atoms with Crippen LogP contribution in [-0.2, 0) is 11.3 Å². The van der Waals surface area contributed by atoms with E-state index in [1.165, 1.54) is 9.80 Å². The number of amides is 4. The van der Waals surface area contributed by atoms with Crippen molar-refractivity contribution in [3.05, 3.63) is 76.0 Å². The monoisotopic (exact) mass is 500 g/mol. The molecule has 1 unspecified atom stereocenters. The summed E-state index contributed by atoms with van der Waals surface area (Å²) < 4.78 is 5.13. The van der Waals surface area contributed by atoms with Crippen molar-refractivity contribution in [2.24, 2.45) is 0 Å². The molecule has 1 aliphatic heterocycles. The molecule has 0 bridgehead atoms. The fourth-order valence-electron chi connectivity index (χ4n) is 3.94. The van der Waals surface area contributed by atoms with Gasteiger partial charge in [-0.2, -0.15) is 0 Å². The number of urea groups is 2. The molecular formula is C25H29ClN4O5. The summed E-state index contributed by atoms with van der Waals surface area (Å²) in [6, 6.07) is 12.8. The summed E-state index contributed by atoms with van der Waals surface area (Å²) in [5, 5.41) is 15.8. The molecule has 3 rings (SSSR count). The Labute approximate surface area is 209 Å². The van der Waals surface area contributed by atoms with Gasteiger partial charge in [-0.05, 0) is 48.7 Å². The number of carbonyl (C=O) groups is 3. The van der Waals surface area contributed by atoms with Crippen molar-refractivity contribution in [2.75, 3.05) is 27.2 Å². The number of hydrogen-bond donors (Lipinski definition) is 3. The molecule has 2 aromatic carbocycles. The highest BCUT2D eigenvalue weighted by Crippen LogP contribution is 2.34. The van der Waals surface area contributed by atoms with Crippen molar-refractivity contribution in [2.45, 2.75) is 25.9 Å². The van der Waals surface area contributed by atoms with Gasteiger partial charge in [-0.3, -0.25) is 0 Å². The minimum atomic E-state index is -1.12. The van der Waals surface area contributed by atoms with E-state index >= 15 is 0 Å². The molecule has 2 aromatic rings. The van der Waals surface area contributed by atoms with E-state index in [9.17, 15) is 19.5 Å². The van der Waals surface area contributed by atoms with E-state index in [0.717, 1.165) is 11.3 Å². The van der Waals surface area contributed by atoms with E-state index in [4.69, 9.17) is 16.3 Å². The van der Waals surface area contributed by atoms with Crippen LogP contribution in [-0.4, -0.2) is 60.2 Å². The number of aliphatic carboxylic acids is 1. The second kappa shape index (κ2) is 11.6. The third-order valence-corrected chi connectivity index (χ3v) is 6.02. The van der Waals surface area contributed by atoms with Crippen LogP contribution in [0.1, 0.15) is 30.5 Å². The highest BCUT2D eigenvalue weighted by atomic mass is 35.5. The fourth-order valence-corrected chi connectivity index (χ4v) is 4.14. The summed E-state index contributed by atoms with van der Waals surface area (Å²) in [5.74, 6) is -0.376. The maximum Gasteiger partial charge on any atom is 0.335 e. The molecule has 0 aliphatic carbocycles. The Kier molecular flexibility index (Phi) is 8.59. The average Bonchev–Trinajstić information content (AvgIpc) is 2.83. The summed E-state index contributed by atoms with van der Waals surface area (Å²) in [5.41, 5.74) is 1.91. The molecule has 4 amide bonds. The van der Waals surface area contributed by atoms with E-state index in [1.54, 1.807) is 45.3 Å². The molecule has 0 radical (unpaired) electrons. The summed E-state index contributed by atoms with van der Waals surface area (Å²) in [6.45, 7) is 2.54. The number of nitrogens with zero attached hydrogens (tertiary/aromatic N) is 2. The van der Waals surface area contributed by atoms with Crippen molar-refractivity contribution in [1.82, 2.24) is 20.4 Å². The van der Waals surface area contributed by atoms with Crippen LogP contribution in [0.2, 0.25) is 5.02 Å². The maximum atomic E-state index is 12.8. The van der Waals surface area contributed by atoms with Gasteiger partial charge >= 0.3 is 18.0 Å². The Balaban J connectivity index is 1.63. The molecule has 35 heavy (non-hydrogen) atoms. The van der Waals surface area contributed by atoms with Crippen molar-refractivity contribution >= 4 is 29.6 Å². The third kappa shape index (κ3) is 6.45. The number of carboxylic acid groups (broad SMARTS) is 1. The largest absolute Gasteiger partial charge is 0.497 e. The first-order valence-electron chi connectivity index (χ1n) is 11.1. The number of methoxy groups -OCH3 is 1. The highest BCUT2D eigenvalue weighted by Gasteiger charge is 2.37. The van der Waals surface area contributed by atoms with Crippen LogP contribution in [0.15, 0.2) is 59.8 Å². The zero-order valence-electron chi connectivity index (χ0n) is 19.9. The summed E-state index contributed by atoms with van der Waals surface area (Å²) in [4.78, 5) is 40.3. The lowest BCUT2D eigenvalue weighted by atomic mass is 9.93. The molecule has 1 heterocycles. The molecule has 0 saturated carbocycles. The van der Waals surface area contributed by atoms with Crippen molar-refractivity contribution in [3.63, 3.8) is 0 Å². The van der Waals surface area contributed by atoms with Crippen LogP contribution >= 0.6 is 11.6 Å². The number of carboxylic acids is 1. The Morgan fingerprint density at radius 1 is 1.23 bits per heavy atom. The Hall–Kier alpha value is -3.72.